The minimum absolute atomic E-state index is 0.112. The van der Waals surface area contributed by atoms with Gasteiger partial charge in [0.2, 0.25) is 5.16 Å². The number of halogens is 4. The van der Waals surface area contributed by atoms with Crippen LogP contribution in [0, 0.1) is 0 Å². The third-order valence-corrected chi connectivity index (χ3v) is 4.88. The summed E-state index contributed by atoms with van der Waals surface area (Å²) >= 11 is 8.13. The average molecular weight is 380 g/mol. The van der Waals surface area contributed by atoms with Crippen molar-refractivity contribution in [3.05, 3.63) is 28.7 Å². The van der Waals surface area contributed by atoms with Gasteiger partial charge >= 0.3 is 6.18 Å². The van der Waals surface area contributed by atoms with Crippen LogP contribution in [0.25, 0.3) is 5.65 Å². The molecule has 3 aromatic rings. The van der Waals surface area contributed by atoms with Gasteiger partial charge in [-0.3, -0.25) is 4.40 Å². The van der Waals surface area contributed by atoms with E-state index in [2.05, 4.69) is 19.6 Å². The highest BCUT2D eigenvalue weighted by molar-refractivity contribution is 8.00. The lowest BCUT2D eigenvalue weighted by molar-refractivity contribution is -0.137. The molecule has 23 heavy (non-hydrogen) atoms. The maximum Gasteiger partial charge on any atom is 0.417 e. The largest absolute Gasteiger partial charge is 0.417 e. The average Bonchev–Trinajstić information content (AvgIpc) is 3.06. The standard InChI is InChI=1S/C12H9ClF3N5S2/c1-5(2)8-17-11(23-20-8)22-10-19-18-9-7(13)3-6(4-21(9)10)12(14,15)16/h3-5H,1-2H3. The van der Waals surface area contributed by atoms with Gasteiger partial charge in [0.05, 0.1) is 10.6 Å². The second kappa shape index (κ2) is 5.91. The van der Waals surface area contributed by atoms with Gasteiger partial charge in [-0.25, -0.2) is 4.98 Å². The zero-order chi connectivity index (χ0) is 16.8. The molecule has 3 heterocycles. The summed E-state index contributed by atoms with van der Waals surface area (Å²) in [5.74, 6) is 0.849. The molecule has 11 heteroatoms. The van der Waals surface area contributed by atoms with Crippen LogP contribution in [-0.4, -0.2) is 24.0 Å². The van der Waals surface area contributed by atoms with Crippen molar-refractivity contribution in [2.75, 3.05) is 0 Å². The van der Waals surface area contributed by atoms with Crippen LogP contribution >= 0.6 is 34.9 Å². The minimum Gasteiger partial charge on any atom is -0.275 e. The zero-order valence-corrected chi connectivity index (χ0v) is 14.2. The van der Waals surface area contributed by atoms with Crippen LogP contribution in [0.1, 0.15) is 31.2 Å². The van der Waals surface area contributed by atoms with E-state index in [0.717, 1.165) is 35.6 Å². The summed E-state index contributed by atoms with van der Waals surface area (Å²) in [6, 6.07) is 0.835. The molecule has 0 radical (unpaired) electrons. The Labute approximate surface area is 142 Å². The van der Waals surface area contributed by atoms with E-state index in [4.69, 9.17) is 11.6 Å². The van der Waals surface area contributed by atoms with E-state index < -0.39 is 11.7 Å². The Morgan fingerprint density at radius 2 is 2.04 bits per heavy atom. The van der Waals surface area contributed by atoms with Crippen LogP contribution in [0.3, 0.4) is 0 Å². The van der Waals surface area contributed by atoms with E-state index in [9.17, 15) is 13.2 Å². The first-order valence-corrected chi connectivity index (χ1v) is 8.35. The molecule has 0 unspecified atom stereocenters. The Kier molecular flexibility index (Phi) is 4.23. The van der Waals surface area contributed by atoms with Crippen molar-refractivity contribution in [3.8, 4) is 0 Å². The Bertz CT molecular complexity index is 858. The van der Waals surface area contributed by atoms with E-state index in [1.165, 1.54) is 4.40 Å². The summed E-state index contributed by atoms with van der Waals surface area (Å²) in [6.07, 6.45) is -3.58. The molecule has 0 saturated carbocycles. The van der Waals surface area contributed by atoms with E-state index in [0.29, 0.717) is 10.2 Å². The number of nitrogens with zero attached hydrogens (tertiary/aromatic N) is 5. The first-order valence-electron chi connectivity index (χ1n) is 6.38. The first kappa shape index (κ1) is 16.5. The molecule has 0 fully saturated rings. The van der Waals surface area contributed by atoms with Gasteiger partial charge in [-0.1, -0.05) is 25.4 Å². The first-order chi connectivity index (χ1) is 10.8. The molecule has 0 aromatic carbocycles. The van der Waals surface area contributed by atoms with Crippen LogP contribution in [0.15, 0.2) is 21.8 Å². The quantitative estimate of drug-likeness (QED) is 0.669. The molecule has 0 amide bonds. The third-order valence-electron chi connectivity index (χ3n) is 2.87. The van der Waals surface area contributed by atoms with Gasteiger partial charge in [0.1, 0.15) is 5.82 Å². The second-order valence-corrected chi connectivity index (χ2v) is 7.30. The molecule has 0 N–H and O–H groups in total. The fraction of sp³-hybridized carbons (Fsp3) is 0.333. The number of hydrogen-bond donors (Lipinski definition) is 0. The van der Waals surface area contributed by atoms with Gasteiger partial charge in [-0.15, -0.1) is 10.2 Å². The summed E-state index contributed by atoms with van der Waals surface area (Å²) in [5, 5.41) is 7.86. The zero-order valence-electron chi connectivity index (χ0n) is 11.8. The molecule has 0 atom stereocenters. The Morgan fingerprint density at radius 3 is 2.65 bits per heavy atom. The molecule has 3 aromatic heterocycles. The second-order valence-electron chi connectivity index (χ2n) is 4.93. The lowest BCUT2D eigenvalue weighted by Crippen LogP contribution is -2.07. The van der Waals surface area contributed by atoms with Crippen molar-refractivity contribution in [2.24, 2.45) is 0 Å². The van der Waals surface area contributed by atoms with E-state index in [1.807, 2.05) is 13.8 Å². The van der Waals surface area contributed by atoms with Crippen molar-refractivity contribution < 1.29 is 13.2 Å². The molecule has 5 nitrogen and oxygen atoms in total. The lowest BCUT2D eigenvalue weighted by Gasteiger charge is -2.08. The summed E-state index contributed by atoms with van der Waals surface area (Å²) in [4.78, 5) is 4.32. The van der Waals surface area contributed by atoms with Gasteiger partial charge in [0, 0.05) is 12.1 Å². The molecule has 0 aliphatic rings. The summed E-state index contributed by atoms with van der Waals surface area (Å²) < 4.78 is 44.7. The fourth-order valence-electron chi connectivity index (χ4n) is 1.73. The topological polar surface area (TPSA) is 56.0 Å². The van der Waals surface area contributed by atoms with Crippen molar-refractivity contribution in [2.45, 2.75) is 35.4 Å². The Balaban J connectivity index is 2.02. The van der Waals surface area contributed by atoms with Crippen LogP contribution < -0.4 is 0 Å². The summed E-state index contributed by atoms with van der Waals surface area (Å²) in [5.41, 5.74) is -0.701. The number of fused-ring (bicyclic) bond motifs is 1. The number of pyridine rings is 1. The van der Waals surface area contributed by atoms with Gasteiger partial charge in [0.25, 0.3) is 0 Å². The lowest BCUT2D eigenvalue weighted by atomic mass is 10.2. The molecule has 122 valence electrons. The van der Waals surface area contributed by atoms with Gasteiger partial charge in [0.15, 0.2) is 9.99 Å². The van der Waals surface area contributed by atoms with Gasteiger partial charge in [-0.2, -0.15) is 17.5 Å². The minimum atomic E-state index is -4.50. The maximum absolute atomic E-state index is 12.9. The van der Waals surface area contributed by atoms with Crippen LogP contribution in [-0.2, 0) is 6.18 Å². The Hall–Kier alpha value is -1.39. The fourth-order valence-corrected chi connectivity index (χ4v) is 3.64. The van der Waals surface area contributed by atoms with Crippen LogP contribution in [0.2, 0.25) is 5.02 Å². The van der Waals surface area contributed by atoms with Gasteiger partial charge < -0.3 is 0 Å². The molecule has 0 saturated heterocycles. The maximum atomic E-state index is 12.9. The predicted molar refractivity (Wildman–Crippen MR) is 81.1 cm³/mol. The molecule has 0 aliphatic heterocycles. The molecule has 0 aliphatic carbocycles. The van der Waals surface area contributed by atoms with Crippen molar-refractivity contribution in [1.29, 1.82) is 0 Å². The normalized spacial score (nSPS) is 12.5. The van der Waals surface area contributed by atoms with Crippen molar-refractivity contribution in [3.63, 3.8) is 0 Å². The third kappa shape index (κ3) is 3.29. The SMILES string of the molecule is CC(C)c1nsc(Sc2nnc3c(Cl)cc(C(F)(F)F)cn23)n1. The van der Waals surface area contributed by atoms with Crippen LogP contribution in [0.5, 0.6) is 0 Å². The van der Waals surface area contributed by atoms with Crippen molar-refractivity contribution >= 4 is 40.5 Å². The van der Waals surface area contributed by atoms with E-state index in [-0.39, 0.29) is 21.7 Å². The van der Waals surface area contributed by atoms with Crippen LogP contribution in [0.4, 0.5) is 13.2 Å². The highest BCUT2D eigenvalue weighted by Crippen LogP contribution is 2.35. The molecule has 0 bridgehead atoms. The molecule has 0 spiro atoms. The smallest absolute Gasteiger partial charge is 0.275 e. The highest BCUT2D eigenvalue weighted by Gasteiger charge is 2.32. The van der Waals surface area contributed by atoms with Crippen molar-refractivity contribution in [1.82, 2.24) is 24.0 Å². The number of hydrogen-bond acceptors (Lipinski definition) is 6. The molecular formula is C12H9ClF3N5S2. The summed E-state index contributed by atoms with van der Waals surface area (Å²) in [7, 11) is 0. The number of alkyl halides is 3. The highest BCUT2D eigenvalue weighted by atomic mass is 35.5. The molecule has 3 rings (SSSR count). The van der Waals surface area contributed by atoms with E-state index in [1.54, 1.807) is 0 Å². The molecular weight excluding hydrogens is 371 g/mol. The number of rotatable bonds is 3. The monoisotopic (exact) mass is 379 g/mol. The predicted octanol–water partition coefficient (Wildman–Crippen LogP) is 4.53. The Morgan fingerprint density at radius 1 is 1.30 bits per heavy atom. The number of aromatic nitrogens is 5. The summed E-state index contributed by atoms with van der Waals surface area (Å²) in [6.45, 7) is 3.91. The van der Waals surface area contributed by atoms with E-state index >= 15 is 0 Å². The van der Waals surface area contributed by atoms with Gasteiger partial charge in [-0.05, 0) is 29.4 Å².